The summed E-state index contributed by atoms with van der Waals surface area (Å²) in [5.41, 5.74) is 2.39. The van der Waals surface area contributed by atoms with Crippen LogP contribution in [0.3, 0.4) is 0 Å². The van der Waals surface area contributed by atoms with Crippen LogP contribution in [0.15, 0.2) is 18.2 Å². The summed E-state index contributed by atoms with van der Waals surface area (Å²) in [5.74, 6) is 0.458. The highest BCUT2D eigenvalue weighted by Gasteiger charge is 2.32. The molecule has 3 saturated heterocycles. The molecule has 1 unspecified atom stereocenters. The number of amides is 3. The van der Waals surface area contributed by atoms with Crippen molar-refractivity contribution in [2.75, 3.05) is 39.8 Å². The van der Waals surface area contributed by atoms with Crippen molar-refractivity contribution in [3.8, 4) is 0 Å². The van der Waals surface area contributed by atoms with Crippen molar-refractivity contribution in [2.45, 2.75) is 83.4 Å². The normalized spacial score (nSPS) is 22.2. The van der Waals surface area contributed by atoms with Gasteiger partial charge in [0.2, 0.25) is 11.8 Å². The number of nitrogens with zero attached hydrogens (tertiary/aromatic N) is 3. The first-order chi connectivity index (χ1) is 18.5. The van der Waals surface area contributed by atoms with Gasteiger partial charge >= 0.3 is 6.09 Å². The highest BCUT2D eigenvalue weighted by Crippen LogP contribution is 2.33. The Balaban J connectivity index is 1.31. The zero-order valence-corrected chi connectivity index (χ0v) is 23.9. The van der Waals surface area contributed by atoms with Gasteiger partial charge in [-0.15, -0.1) is 0 Å². The summed E-state index contributed by atoms with van der Waals surface area (Å²) in [4.78, 5) is 54.7. The van der Waals surface area contributed by atoms with Crippen molar-refractivity contribution in [1.29, 1.82) is 0 Å². The maximum atomic E-state index is 12.4. The third kappa shape index (κ3) is 7.66. The van der Waals surface area contributed by atoms with Crippen molar-refractivity contribution in [3.05, 3.63) is 34.9 Å². The van der Waals surface area contributed by atoms with Gasteiger partial charge in [0.15, 0.2) is 0 Å². The molecule has 0 saturated carbocycles. The number of hydrogen-bond donors (Lipinski definition) is 1. The Kier molecular flexibility index (Phi) is 9.43. The van der Waals surface area contributed by atoms with E-state index in [0.717, 1.165) is 70.3 Å². The van der Waals surface area contributed by atoms with Gasteiger partial charge in [-0.1, -0.05) is 18.2 Å². The molecule has 0 aromatic heterocycles. The van der Waals surface area contributed by atoms with Crippen LogP contribution in [0.25, 0.3) is 0 Å². The van der Waals surface area contributed by atoms with Crippen molar-refractivity contribution < 1.29 is 23.9 Å². The van der Waals surface area contributed by atoms with E-state index in [0.29, 0.717) is 36.8 Å². The van der Waals surface area contributed by atoms with Crippen molar-refractivity contribution >= 4 is 24.2 Å². The smallest absolute Gasteiger partial charge is 0.410 e. The molecule has 1 atom stereocenters. The summed E-state index contributed by atoms with van der Waals surface area (Å²) in [5, 5.41) is 2.44. The molecular weight excluding hydrogens is 496 g/mol. The Labute approximate surface area is 232 Å². The topological polar surface area (TPSA) is 99.3 Å². The van der Waals surface area contributed by atoms with Gasteiger partial charge in [-0.3, -0.25) is 24.6 Å². The molecule has 214 valence electrons. The van der Waals surface area contributed by atoms with E-state index in [-0.39, 0.29) is 23.9 Å². The molecule has 0 aliphatic carbocycles. The van der Waals surface area contributed by atoms with E-state index >= 15 is 0 Å². The number of benzene rings is 1. The van der Waals surface area contributed by atoms with Crippen LogP contribution in [-0.4, -0.2) is 90.3 Å². The quantitative estimate of drug-likeness (QED) is 0.417. The number of imide groups is 1. The van der Waals surface area contributed by atoms with Crippen molar-refractivity contribution in [2.24, 2.45) is 5.92 Å². The molecule has 0 radical (unpaired) electrons. The number of carbonyl (C=O) groups is 4. The molecule has 9 nitrogen and oxygen atoms in total. The first kappa shape index (κ1) is 29.2. The monoisotopic (exact) mass is 540 g/mol. The molecule has 3 amide bonds. The average Bonchev–Trinajstić information content (AvgIpc) is 2.88. The number of rotatable bonds is 7. The highest BCUT2D eigenvalue weighted by molar-refractivity contribution is 6.00. The summed E-state index contributed by atoms with van der Waals surface area (Å²) in [6.07, 6.45) is 5.57. The van der Waals surface area contributed by atoms with Crippen LogP contribution in [0.1, 0.15) is 86.7 Å². The highest BCUT2D eigenvalue weighted by atomic mass is 16.6. The summed E-state index contributed by atoms with van der Waals surface area (Å²) in [6, 6.07) is 5.56. The molecule has 4 rings (SSSR count). The minimum absolute atomic E-state index is 0.210. The predicted octanol–water partition coefficient (Wildman–Crippen LogP) is 3.56. The van der Waals surface area contributed by atoms with E-state index in [1.165, 1.54) is 5.56 Å². The second-order valence-electron chi connectivity index (χ2n) is 12.4. The number of aldehydes is 1. The largest absolute Gasteiger partial charge is 0.444 e. The maximum absolute atomic E-state index is 12.4. The first-order valence-electron chi connectivity index (χ1n) is 14.3. The number of piperidine rings is 3. The Hall–Kier alpha value is -2.78. The van der Waals surface area contributed by atoms with E-state index in [1.807, 2.05) is 49.8 Å². The summed E-state index contributed by atoms with van der Waals surface area (Å²) in [6.45, 7) is 10.7. The van der Waals surface area contributed by atoms with Gasteiger partial charge in [0, 0.05) is 38.2 Å². The zero-order chi connectivity index (χ0) is 28.2. The molecule has 3 aliphatic heterocycles. The fraction of sp³-hybridized carbons (Fsp3) is 0.667. The van der Waals surface area contributed by atoms with E-state index in [9.17, 15) is 19.2 Å². The molecule has 3 fully saturated rings. The molecule has 1 N–H and O–H groups in total. The lowest BCUT2D eigenvalue weighted by atomic mass is 9.84. The first-order valence-corrected chi connectivity index (χ1v) is 14.3. The minimum atomic E-state index is -0.469. The molecule has 3 heterocycles. The Morgan fingerprint density at radius 3 is 2.38 bits per heavy atom. The van der Waals surface area contributed by atoms with E-state index < -0.39 is 5.60 Å². The second-order valence-corrected chi connectivity index (χ2v) is 12.4. The molecule has 1 aromatic rings. The number of carbonyl (C=O) groups excluding carboxylic acids is 4. The molecule has 0 spiro atoms. The molecular formula is C30H44N4O5. The van der Waals surface area contributed by atoms with Crippen LogP contribution in [0.5, 0.6) is 0 Å². The number of ether oxygens (including phenoxy) is 1. The van der Waals surface area contributed by atoms with Gasteiger partial charge in [0.1, 0.15) is 11.9 Å². The maximum Gasteiger partial charge on any atom is 0.410 e. The van der Waals surface area contributed by atoms with Gasteiger partial charge < -0.3 is 14.5 Å². The van der Waals surface area contributed by atoms with Crippen LogP contribution >= 0.6 is 0 Å². The van der Waals surface area contributed by atoms with Crippen molar-refractivity contribution in [1.82, 2.24) is 20.0 Å². The van der Waals surface area contributed by atoms with Gasteiger partial charge in [-0.05, 0) is 96.0 Å². The molecule has 3 aliphatic rings. The molecule has 1 aromatic carbocycles. The van der Waals surface area contributed by atoms with E-state index in [4.69, 9.17) is 4.74 Å². The summed E-state index contributed by atoms with van der Waals surface area (Å²) < 4.78 is 5.53. The standard InChI is InChI=1S/C30H44N4O5/c1-30(2,3)39-29(38)34-16-10-21(11-17-34)18-33-14-12-22(13-15-33)24-7-5-6-23(20-35)25(24)19-32(4)26-8-9-27(36)31-28(26)37/h5-7,20-22,26H,8-19H2,1-4H3,(H,31,36,37). The van der Waals surface area contributed by atoms with Crippen LogP contribution in [0.4, 0.5) is 4.79 Å². The summed E-state index contributed by atoms with van der Waals surface area (Å²) in [7, 11) is 1.89. The van der Waals surface area contributed by atoms with Gasteiger partial charge in [-0.2, -0.15) is 0 Å². The lowest BCUT2D eigenvalue weighted by molar-refractivity contribution is -0.137. The van der Waals surface area contributed by atoms with Crippen LogP contribution in [0, 0.1) is 5.92 Å². The average molecular weight is 541 g/mol. The molecule has 39 heavy (non-hydrogen) atoms. The van der Waals surface area contributed by atoms with Crippen LogP contribution in [0.2, 0.25) is 0 Å². The number of likely N-dealkylation sites (N-methyl/N-ethyl adjacent to an activating group) is 1. The zero-order valence-electron chi connectivity index (χ0n) is 23.9. The van der Waals surface area contributed by atoms with Gasteiger partial charge in [-0.25, -0.2) is 4.79 Å². The predicted molar refractivity (Wildman–Crippen MR) is 148 cm³/mol. The number of hydrogen-bond acceptors (Lipinski definition) is 7. The van der Waals surface area contributed by atoms with Gasteiger partial charge in [0.05, 0.1) is 6.04 Å². The third-order valence-electron chi connectivity index (χ3n) is 8.34. The SMILES string of the molecule is CN(Cc1c(C=O)cccc1C1CCN(CC2CCN(C(=O)OC(C)(C)C)CC2)CC1)C1CCC(=O)NC1=O. The fourth-order valence-electron chi connectivity index (χ4n) is 6.18. The Morgan fingerprint density at radius 2 is 1.77 bits per heavy atom. The van der Waals surface area contributed by atoms with Crippen LogP contribution < -0.4 is 5.32 Å². The van der Waals surface area contributed by atoms with E-state index in [2.05, 4.69) is 16.3 Å². The van der Waals surface area contributed by atoms with E-state index in [1.54, 1.807) is 0 Å². The lowest BCUT2D eigenvalue weighted by Gasteiger charge is -2.38. The lowest BCUT2D eigenvalue weighted by Crippen LogP contribution is -2.51. The van der Waals surface area contributed by atoms with Crippen molar-refractivity contribution in [3.63, 3.8) is 0 Å². The van der Waals surface area contributed by atoms with Gasteiger partial charge in [0.25, 0.3) is 0 Å². The molecule has 9 heteroatoms. The third-order valence-corrected chi connectivity index (χ3v) is 8.34. The summed E-state index contributed by atoms with van der Waals surface area (Å²) >= 11 is 0. The second kappa shape index (κ2) is 12.6. The number of likely N-dealkylation sites (tertiary alicyclic amines) is 2. The Morgan fingerprint density at radius 1 is 1.08 bits per heavy atom. The molecule has 0 bridgehead atoms. The minimum Gasteiger partial charge on any atom is -0.444 e. The Bertz CT molecular complexity index is 1050. The number of nitrogens with one attached hydrogen (secondary N) is 1. The fourth-order valence-corrected chi connectivity index (χ4v) is 6.18. The van der Waals surface area contributed by atoms with Crippen LogP contribution in [-0.2, 0) is 20.9 Å².